The molecular weight excluding hydrogens is 416 g/mol. The van der Waals surface area contributed by atoms with Gasteiger partial charge in [-0.1, -0.05) is 91.0 Å². The van der Waals surface area contributed by atoms with Gasteiger partial charge in [-0.3, -0.25) is 0 Å². The zero-order valence-electron chi connectivity index (χ0n) is 19.2. The van der Waals surface area contributed by atoms with E-state index in [2.05, 4.69) is 24.3 Å². The van der Waals surface area contributed by atoms with Crippen molar-refractivity contribution in [2.24, 2.45) is 0 Å². The molecule has 174 valence electrons. The second-order valence-corrected chi connectivity index (χ2v) is 8.23. The van der Waals surface area contributed by atoms with Crippen molar-refractivity contribution in [2.45, 2.75) is 57.5 Å². The second kappa shape index (κ2) is 12.1. The van der Waals surface area contributed by atoms with Gasteiger partial charge in [0, 0.05) is 7.11 Å². The normalized spacial score (nSPS) is 25.1. The third-order valence-corrected chi connectivity index (χ3v) is 5.82. The molecule has 1 aliphatic rings. The highest BCUT2D eigenvalue weighted by molar-refractivity contribution is 5.15. The average Bonchev–Trinajstić information content (AvgIpc) is 2.87. The van der Waals surface area contributed by atoms with Crippen LogP contribution in [-0.2, 0) is 43.5 Å². The van der Waals surface area contributed by atoms with Crippen LogP contribution in [0.5, 0.6) is 0 Å². The zero-order chi connectivity index (χ0) is 22.9. The molecule has 4 rings (SSSR count). The molecule has 0 aromatic heterocycles. The van der Waals surface area contributed by atoms with Crippen LogP contribution in [0.3, 0.4) is 0 Å². The van der Waals surface area contributed by atoms with Crippen molar-refractivity contribution >= 4 is 0 Å². The molecule has 0 N–H and O–H groups in total. The van der Waals surface area contributed by atoms with Crippen molar-refractivity contribution in [1.29, 1.82) is 0 Å². The topological polar surface area (TPSA) is 46.2 Å². The molecule has 0 bridgehead atoms. The monoisotopic (exact) mass is 448 g/mol. The summed E-state index contributed by atoms with van der Waals surface area (Å²) in [6.07, 6.45) is -1.92. The first-order valence-electron chi connectivity index (χ1n) is 11.4. The van der Waals surface area contributed by atoms with Crippen LogP contribution in [0.4, 0.5) is 0 Å². The maximum Gasteiger partial charge on any atom is 0.186 e. The predicted molar refractivity (Wildman–Crippen MR) is 126 cm³/mol. The molecule has 1 fully saturated rings. The number of methoxy groups -OCH3 is 1. The molecule has 5 atom stereocenters. The summed E-state index contributed by atoms with van der Waals surface area (Å²) >= 11 is 0. The summed E-state index contributed by atoms with van der Waals surface area (Å²) in [5.74, 6) is 0. The predicted octanol–water partition coefficient (Wildman–Crippen LogP) is 5.13. The molecule has 1 heterocycles. The van der Waals surface area contributed by atoms with Crippen LogP contribution in [-0.4, -0.2) is 37.8 Å². The van der Waals surface area contributed by atoms with Crippen molar-refractivity contribution in [2.75, 3.05) is 7.11 Å². The Morgan fingerprint density at radius 2 is 0.970 bits per heavy atom. The van der Waals surface area contributed by atoms with Gasteiger partial charge in [-0.05, 0) is 23.6 Å². The number of hydrogen-bond donors (Lipinski definition) is 0. The summed E-state index contributed by atoms with van der Waals surface area (Å²) in [6, 6.07) is 30.3. The Balaban J connectivity index is 1.53. The lowest BCUT2D eigenvalue weighted by molar-refractivity contribution is -0.314. The van der Waals surface area contributed by atoms with Crippen LogP contribution >= 0.6 is 0 Å². The van der Waals surface area contributed by atoms with Crippen LogP contribution < -0.4 is 0 Å². The van der Waals surface area contributed by atoms with Gasteiger partial charge in [0.05, 0.1) is 25.9 Å². The van der Waals surface area contributed by atoms with Crippen LogP contribution in [0.1, 0.15) is 23.6 Å². The minimum Gasteiger partial charge on any atom is -0.368 e. The van der Waals surface area contributed by atoms with Gasteiger partial charge in [-0.15, -0.1) is 0 Å². The van der Waals surface area contributed by atoms with Crippen molar-refractivity contribution < 1.29 is 23.7 Å². The highest BCUT2D eigenvalue weighted by Gasteiger charge is 2.47. The molecule has 33 heavy (non-hydrogen) atoms. The standard InChI is InChI=1S/C28H32O5/c1-21-25(30-18-22-12-6-3-7-13-22)26(31-19-23-14-8-4-9-15-23)27(28(29-2)33-21)32-20-24-16-10-5-11-17-24/h3-17,21,25-28H,18-20H2,1-2H3/t21-,25-,26+,27+,28+/m0/s1. The maximum absolute atomic E-state index is 6.46. The minimum atomic E-state index is -0.555. The molecular formula is C28H32O5. The van der Waals surface area contributed by atoms with Crippen LogP contribution in [0.2, 0.25) is 0 Å². The molecule has 1 aliphatic heterocycles. The fraction of sp³-hybridized carbons (Fsp3) is 0.357. The lowest BCUT2D eigenvalue weighted by atomic mass is 9.98. The van der Waals surface area contributed by atoms with E-state index in [-0.39, 0.29) is 18.3 Å². The Hall–Kier alpha value is -2.54. The van der Waals surface area contributed by atoms with E-state index in [4.69, 9.17) is 23.7 Å². The fourth-order valence-corrected chi connectivity index (χ4v) is 4.06. The van der Waals surface area contributed by atoms with E-state index in [0.29, 0.717) is 19.8 Å². The molecule has 0 saturated carbocycles. The molecule has 0 radical (unpaired) electrons. The summed E-state index contributed by atoms with van der Waals surface area (Å²) in [5.41, 5.74) is 3.27. The molecule has 0 unspecified atom stereocenters. The highest BCUT2D eigenvalue weighted by atomic mass is 16.7. The van der Waals surface area contributed by atoms with Crippen molar-refractivity contribution in [3.05, 3.63) is 108 Å². The summed E-state index contributed by atoms with van der Waals surface area (Å²) < 4.78 is 31.0. The molecule has 0 spiro atoms. The van der Waals surface area contributed by atoms with Gasteiger partial charge in [0.1, 0.15) is 18.3 Å². The van der Waals surface area contributed by atoms with E-state index in [1.165, 1.54) is 0 Å². The van der Waals surface area contributed by atoms with Gasteiger partial charge in [-0.2, -0.15) is 0 Å². The summed E-state index contributed by atoms with van der Waals surface area (Å²) in [5, 5.41) is 0. The third kappa shape index (κ3) is 6.50. The summed E-state index contributed by atoms with van der Waals surface area (Å²) in [7, 11) is 1.63. The second-order valence-electron chi connectivity index (χ2n) is 8.23. The molecule has 0 aliphatic carbocycles. The first-order valence-corrected chi connectivity index (χ1v) is 11.4. The van der Waals surface area contributed by atoms with Crippen molar-refractivity contribution in [3.8, 4) is 0 Å². The maximum atomic E-state index is 6.46. The number of rotatable bonds is 10. The number of hydrogen-bond acceptors (Lipinski definition) is 5. The van der Waals surface area contributed by atoms with Gasteiger partial charge in [0.2, 0.25) is 0 Å². The number of ether oxygens (including phenoxy) is 5. The molecule has 3 aromatic carbocycles. The van der Waals surface area contributed by atoms with E-state index >= 15 is 0 Å². The largest absolute Gasteiger partial charge is 0.368 e. The van der Waals surface area contributed by atoms with Crippen LogP contribution in [0.15, 0.2) is 91.0 Å². The zero-order valence-corrected chi connectivity index (χ0v) is 19.2. The van der Waals surface area contributed by atoms with Crippen molar-refractivity contribution in [3.63, 3.8) is 0 Å². The Labute approximate surface area is 196 Å². The SMILES string of the molecule is CO[C@@H]1O[C@@H](C)[C@H](OCc2ccccc2)[C@@H](OCc2ccccc2)[C@H]1OCc1ccccc1. The summed E-state index contributed by atoms with van der Waals surface area (Å²) in [4.78, 5) is 0. The van der Waals surface area contributed by atoms with E-state index in [1.807, 2.05) is 73.7 Å². The smallest absolute Gasteiger partial charge is 0.186 e. The molecule has 5 heteroatoms. The first-order chi connectivity index (χ1) is 16.2. The molecule has 5 nitrogen and oxygen atoms in total. The van der Waals surface area contributed by atoms with Crippen LogP contribution in [0.25, 0.3) is 0 Å². The Bertz CT molecular complexity index is 934. The van der Waals surface area contributed by atoms with E-state index in [0.717, 1.165) is 16.7 Å². The minimum absolute atomic E-state index is 0.226. The van der Waals surface area contributed by atoms with Gasteiger partial charge in [-0.25, -0.2) is 0 Å². The lowest BCUT2D eigenvalue weighted by Crippen LogP contribution is -2.59. The van der Waals surface area contributed by atoms with Gasteiger partial charge >= 0.3 is 0 Å². The molecule has 0 amide bonds. The molecule has 3 aromatic rings. The van der Waals surface area contributed by atoms with E-state index in [1.54, 1.807) is 7.11 Å². The lowest BCUT2D eigenvalue weighted by Gasteiger charge is -2.44. The Morgan fingerprint density at radius 3 is 1.39 bits per heavy atom. The number of benzene rings is 3. The van der Waals surface area contributed by atoms with Gasteiger partial charge < -0.3 is 23.7 Å². The van der Waals surface area contributed by atoms with E-state index < -0.39 is 12.4 Å². The third-order valence-electron chi connectivity index (χ3n) is 5.82. The van der Waals surface area contributed by atoms with Gasteiger partial charge in [0.25, 0.3) is 0 Å². The van der Waals surface area contributed by atoms with Crippen LogP contribution in [0, 0.1) is 0 Å². The fourth-order valence-electron chi connectivity index (χ4n) is 4.06. The summed E-state index contributed by atoms with van der Waals surface area (Å²) in [6.45, 7) is 3.34. The Kier molecular flexibility index (Phi) is 8.64. The van der Waals surface area contributed by atoms with Gasteiger partial charge in [0.15, 0.2) is 6.29 Å². The Morgan fingerprint density at radius 1 is 0.576 bits per heavy atom. The first kappa shape index (κ1) is 23.6. The molecule has 1 saturated heterocycles. The quantitative estimate of drug-likeness (QED) is 0.430. The average molecular weight is 449 g/mol. The highest BCUT2D eigenvalue weighted by Crippen LogP contribution is 2.30. The van der Waals surface area contributed by atoms with E-state index in [9.17, 15) is 0 Å². The van der Waals surface area contributed by atoms with Crippen molar-refractivity contribution in [1.82, 2.24) is 0 Å².